The zero-order chi connectivity index (χ0) is 15.2. The lowest BCUT2D eigenvalue weighted by molar-refractivity contribution is -0.00199. The van der Waals surface area contributed by atoms with Crippen LogP contribution in [0.15, 0.2) is 0 Å². The molecule has 5 heteroatoms. The first-order valence-corrected chi connectivity index (χ1v) is 7.76. The molecule has 1 rings (SSSR count). The van der Waals surface area contributed by atoms with Crippen LogP contribution in [0.4, 0.5) is 4.79 Å². The molecule has 0 aliphatic carbocycles. The topological polar surface area (TPSA) is 64.0 Å². The molecule has 2 N–H and O–H groups in total. The second kappa shape index (κ2) is 7.84. The molecule has 1 unspecified atom stereocenters. The predicted molar refractivity (Wildman–Crippen MR) is 79.4 cm³/mol. The fraction of sp³-hybridized carbons (Fsp3) is 0.933. The monoisotopic (exact) mass is 286 g/mol. The Kier molecular flexibility index (Phi) is 6.76. The van der Waals surface area contributed by atoms with Crippen LogP contribution in [-0.2, 0) is 0 Å². The number of hydrogen-bond donors (Lipinski definition) is 2. The smallest absolute Gasteiger partial charge is 0.322 e. The lowest BCUT2D eigenvalue weighted by Gasteiger charge is -2.29. The third-order valence-corrected chi connectivity index (χ3v) is 4.38. The molecule has 1 saturated heterocycles. The number of aliphatic hydroxyl groups excluding tert-OH is 2. The van der Waals surface area contributed by atoms with Crippen molar-refractivity contribution in [1.82, 2.24) is 9.80 Å². The Morgan fingerprint density at radius 3 is 2.00 bits per heavy atom. The van der Waals surface area contributed by atoms with Gasteiger partial charge in [-0.3, -0.25) is 4.90 Å². The summed E-state index contributed by atoms with van der Waals surface area (Å²) in [5, 5.41) is 18.9. The van der Waals surface area contributed by atoms with Gasteiger partial charge in [-0.1, -0.05) is 32.1 Å². The van der Waals surface area contributed by atoms with Gasteiger partial charge in [0.15, 0.2) is 6.23 Å². The number of hydrogen-bond acceptors (Lipinski definition) is 3. The molecule has 0 aromatic carbocycles. The summed E-state index contributed by atoms with van der Waals surface area (Å²) in [7, 11) is 1.74. The Morgan fingerprint density at radius 1 is 1.05 bits per heavy atom. The molecule has 118 valence electrons. The van der Waals surface area contributed by atoms with Crippen LogP contribution in [0.25, 0.3) is 0 Å². The molecule has 0 spiro atoms. The molecule has 0 radical (unpaired) electrons. The molecule has 1 aliphatic rings. The first kappa shape index (κ1) is 17.2. The van der Waals surface area contributed by atoms with Crippen LogP contribution >= 0.6 is 0 Å². The molecule has 1 atom stereocenters. The molecule has 1 heterocycles. The maximum Gasteiger partial charge on any atom is 0.322 e. The van der Waals surface area contributed by atoms with Gasteiger partial charge >= 0.3 is 6.03 Å². The van der Waals surface area contributed by atoms with Crippen molar-refractivity contribution in [2.75, 3.05) is 20.2 Å². The molecule has 1 aliphatic heterocycles. The first-order valence-electron chi connectivity index (χ1n) is 7.76. The minimum Gasteiger partial charge on any atom is -0.396 e. The number of rotatable bonds is 9. The van der Waals surface area contributed by atoms with Crippen molar-refractivity contribution >= 4 is 6.03 Å². The summed E-state index contributed by atoms with van der Waals surface area (Å²) < 4.78 is 0. The number of unbranched alkanes of at least 4 members (excludes halogenated alkanes) is 6. The van der Waals surface area contributed by atoms with E-state index in [9.17, 15) is 9.90 Å². The number of carbonyl (C=O) groups is 1. The summed E-state index contributed by atoms with van der Waals surface area (Å²) in [6.45, 7) is 4.69. The molecule has 0 saturated carbocycles. The Morgan fingerprint density at radius 2 is 1.55 bits per heavy atom. The van der Waals surface area contributed by atoms with E-state index in [1.807, 2.05) is 13.8 Å². The average Bonchev–Trinajstić information content (AvgIpc) is 2.56. The number of carbonyl (C=O) groups excluding carboxylic acids is 1. The predicted octanol–water partition coefficient (Wildman–Crippen LogP) is 2.17. The zero-order valence-electron chi connectivity index (χ0n) is 13.1. The summed E-state index contributed by atoms with van der Waals surface area (Å²) in [4.78, 5) is 15.2. The second-order valence-corrected chi connectivity index (χ2v) is 6.26. The summed E-state index contributed by atoms with van der Waals surface area (Å²) in [6, 6.07) is -0.0783. The van der Waals surface area contributed by atoms with Crippen molar-refractivity contribution in [2.24, 2.45) is 0 Å². The van der Waals surface area contributed by atoms with E-state index >= 15 is 0 Å². The van der Waals surface area contributed by atoms with Gasteiger partial charge in [-0.25, -0.2) is 4.79 Å². The fourth-order valence-electron chi connectivity index (χ4n) is 2.59. The van der Waals surface area contributed by atoms with Crippen LogP contribution < -0.4 is 0 Å². The molecule has 0 aromatic rings. The van der Waals surface area contributed by atoms with E-state index in [-0.39, 0.29) is 12.6 Å². The lowest BCUT2D eigenvalue weighted by atomic mass is 10.0. The third-order valence-electron chi connectivity index (χ3n) is 4.38. The van der Waals surface area contributed by atoms with Crippen LogP contribution in [0.3, 0.4) is 0 Å². The van der Waals surface area contributed by atoms with Gasteiger partial charge in [-0.05, 0) is 26.7 Å². The maximum atomic E-state index is 12.0. The maximum absolute atomic E-state index is 12.0. The highest BCUT2D eigenvalue weighted by atomic mass is 16.3. The van der Waals surface area contributed by atoms with Gasteiger partial charge in [0.25, 0.3) is 0 Å². The highest BCUT2D eigenvalue weighted by Gasteiger charge is 2.48. The van der Waals surface area contributed by atoms with E-state index in [2.05, 4.69) is 0 Å². The number of aliphatic hydroxyl groups is 2. The van der Waals surface area contributed by atoms with E-state index < -0.39 is 11.8 Å². The first-order chi connectivity index (χ1) is 9.42. The molecule has 20 heavy (non-hydrogen) atoms. The number of amides is 2. The Hall–Kier alpha value is -0.810. The minimum absolute atomic E-state index is 0.0783. The van der Waals surface area contributed by atoms with Crippen molar-refractivity contribution in [3.05, 3.63) is 0 Å². The normalized spacial score (nSPS) is 21.9. The van der Waals surface area contributed by atoms with E-state index in [0.717, 1.165) is 32.1 Å². The van der Waals surface area contributed by atoms with Crippen molar-refractivity contribution in [2.45, 2.75) is 70.6 Å². The molecular weight excluding hydrogens is 256 g/mol. The molecule has 0 bridgehead atoms. The van der Waals surface area contributed by atoms with Crippen LogP contribution in [0, 0.1) is 0 Å². The van der Waals surface area contributed by atoms with E-state index in [1.54, 1.807) is 16.8 Å². The quantitative estimate of drug-likeness (QED) is 0.639. The van der Waals surface area contributed by atoms with Gasteiger partial charge in [-0.2, -0.15) is 0 Å². The van der Waals surface area contributed by atoms with Gasteiger partial charge in [0, 0.05) is 20.2 Å². The fourth-order valence-corrected chi connectivity index (χ4v) is 2.59. The van der Waals surface area contributed by atoms with Crippen LogP contribution in [0.2, 0.25) is 0 Å². The Labute approximate surface area is 122 Å². The number of urea groups is 1. The van der Waals surface area contributed by atoms with Gasteiger partial charge in [0.05, 0.1) is 5.54 Å². The van der Waals surface area contributed by atoms with Gasteiger partial charge in [0.2, 0.25) is 0 Å². The third kappa shape index (κ3) is 4.09. The zero-order valence-corrected chi connectivity index (χ0v) is 13.1. The van der Waals surface area contributed by atoms with Crippen molar-refractivity contribution in [3.8, 4) is 0 Å². The van der Waals surface area contributed by atoms with Gasteiger partial charge < -0.3 is 15.1 Å². The minimum atomic E-state index is -0.718. The molecule has 1 fully saturated rings. The van der Waals surface area contributed by atoms with Crippen LogP contribution in [-0.4, -0.2) is 58.0 Å². The van der Waals surface area contributed by atoms with Crippen molar-refractivity contribution < 1.29 is 15.0 Å². The molecule has 0 aromatic heterocycles. The SMILES string of the molecule is CN1C(=O)N(CCCCCCCCCO)C(O)C1(C)C. The summed E-state index contributed by atoms with van der Waals surface area (Å²) in [6.07, 6.45) is 6.80. The molecule has 2 amide bonds. The summed E-state index contributed by atoms with van der Waals surface area (Å²) >= 11 is 0. The van der Waals surface area contributed by atoms with E-state index in [0.29, 0.717) is 6.54 Å². The average molecular weight is 286 g/mol. The number of likely N-dealkylation sites (N-methyl/N-ethyl adjacent to an activating group) is 1. The van der Waals surface area contributed by atoms with Crippen molar-refractivity contribution in [3.63, 3.8) is 0 Å². The van der Waals surface area contributed by atoms with E-state index in [1.165, 1.54) is 12.8 Å². The van der Waals surface area contributed by atoms with Gasteiger partial charge in [-0.15, -0.1) is 0 Å². The summed E-state index contributed by atoms with van der Waals surface area (Å²) in [5.74, 6) is 0. The molecular formula is C15H30N2O3. The highest BCUT2D eigenvalue weighted by molar-refractivity contribution is 5.78. The Balaban J connectivity index is 2.18. The van der Waals surface area contributed by atoms with E-state index in [4.69, 9.17) is 5.11 Å². The van der Waals surface area contributed by atoms with Crippen LogP contribution in [0.5, 0.6) is 0 Å². The highest BCUT2D eigenvalue weighted by Crippen LogP contribution is 2.29. The van der Waals surface area contributed by atoms with Gasteiger partial charge in [0.1, 0.15) is 0 Å². The number of nitrogens with zero attached hydrogens (tertiary/aromatic N) is 2. The van der Waals surface area contributed by atoms with Crippen molar-refractivity contribution in [1.29, 1.82) is 0 Å². The Bertz CT molecular complexity index is 307. The lowest BCUT2D eigenvalue weighted by Crippen LogP contribution is -2.45. The molecule has 5 nitrogen and oxygen atoms in total. The summed E-state index contributed by atoms with van der Waals surface area (Å²) in [5.41, 5.74) is -0.513. The standard InChI is InChI=1S/C15H30N2O3/c1-15(2)13(19)17(14(20)16(15)3)11-9-7-5-4-6-8-10-12-18/h13,18-19H,4-12H2,1-3H3. The second-order valence-electron chi connectivity index (χ2n) is 6.26. The largest absolute Gasteiger partial charge is 0.396 e. The van der Waals surface area contributed by atoms with Crippen LogP contribution in [0.1, 0.15) is 58.8 Å².